The van der Waals surface area contributed by atoms with Crippen molar-refractivity contribution in [2.75, 3.05) is 11.9 Å². The van der Waals surface area contributed by atoms with Crippen molar-refractivity contribution in [1.29, 1.82) is 0 Å². The molecule has 1 heterocycles. The third-order valence-electron chi connectivity index (χ3n) is 3.45. The number of anilines is 1. The zero-order chi connectivity index (χ0) is 16.1. The van der Waals surface area contributed by atoms with Crippen molar-refractivity contribution < 1.29 is 9.90 Å². The van der Waals surface area contributed by atoms with E-state index in [1.165, 1.54) is 6.07 Å². The topological polar surface area (TPSA) is 75.1 Å². The first-order chi connectivity index (χ1) is 10.5. The summed E-state index contributed by atoms with van der Waals surface area (Å²) in [6.07, 6.45) is 2.37. The molecule has 0 aliphatic heterocycles. The molecule has 2 rings (SSSR count). The molecule has 6 heteroatoms. The van der Waals surface area contributed by atoms with Crippen LogP contribution in [0.15, 0.2) is 30.5 Å². The molecule has 0 bridgehead atoms. The first-order valence-electron chi connectivity index (χ1n) is 7.07. The van der Waals surface area contributed by atoms with E-state index in [1.807, 2.05) is 6.92 Å². The summed E-state index contributed by atoms with van der Waals surface area (Å²) < 4.78 is 0. The van der Waals surface area contributed by atoms with Crippen molar-refractivity contribution in [2.45, 2.75) is 20.3 Å². The van der Waals surface area contributed by atoms with Gasteiger partial charge in [-0.1, -0.05) is 18.5 Å². The number of halogens is 1. The Morgan fingerprint density at radius 2 is 2.18 bits per heavy atom. The fourth-order valence-corrected chi connectivity index (χ4v) is 2.25. The van der Waals surface area contributed by atoms with E-state index in [-0.39, 0.29) is 17.5 Å². The van der Waals surface area contributed by atoms with Gasteiger partial charge in [0.25, 0.3) is 0 Å². The Bertz CT molecular complexity index is 676. The van der Waals surface area contributed by atoms with Crippen LogP contribution in [0.3, 0.4) is 0 Å². The summed E-state index contributed by atoms with van der Waals surface area (Å²) in [5, 5.41) is 13.5. The van der Waals surface area contributed by atoms with Crippen LogP contribution in [0.25, 0.3) is 11.4 Å². The van der Waals surface area contributed by atoms with Gasteiger partial charge < -0.3 is 10.4 Å². The first kappa shape index (κ1) is 16.2. The van der Waals surface area contributed by atoms with Crippen LogP contribution in [-0.2, 0) is 4.79 Å². The van der Waals surface area contributed by atoms with Crippen LogP contribution in [0.1, 0.15) is 20.3 Å². The van der Waals surface area contributed by atoms with Gasteiger partial charge in [0, 0.05) is 23.7 Å². The molecule has 5 nitrogen and oxygen atoms in total. The van der Waals surface area contributed by atoms with Gasteiger partial charge in [-0.25, -0.2) is 9.97 Å². The first-order valence-corrected chi connectivity index (χ1v) is 7.45. The molecule has 116 valence electrons. The van der Waals surface area contributed by atoms with Crippen molar-refractivity contribution in [3.8, 4) is 17.1 Å². The summed E-state index contributed by atoms with van der Waals surface area (Å²) in [6, 6.07) is 6.43. The Morgan fingerprint density at radius 1 is 1.41 bits per heavy atom. The molecule has 2 aromatic rings. The van der Waals surface area contributed by atoms with Crippen LogP contribution in [0.2, 0.25) is 5.02 Å². The number of aromatic nitrogens is 2. The van der Waals surface area contributed by atoms with Crippen LogP contribution in [-0.4, -0.2) is 27.4 Å². The summed E-state index contributed by atoms with van der Waals surface area (Å²) in [6.45, 7) is 4.08. The molecule has 0 radical (unpaired) electrons. The van der Waals surface area contributed by atoms with E-state index in [1.54, 1.807) is 31.3 Å². The summed E-state index contributed by atoms with van der Waals surface area (Å²) in [5.74, 6) is 1.15. The maximum absolute atomic E-state index is 11.4. The zero-order valence-corrected chi connectivity index (χ0v) is 13.3. The Morgan fingerprint density at radius 3 is 2.86 bits per heavy atom. The van der Waals surface area contributed by atoms with Gasteiger partial charge in [0.15, 0.2) is 5.82 Å². The quantitative estimate of drug-likeness (QED) is 0.852. The van der Waals surface area contributed by atoms with Crippen molar-refractivity contribution in [3.05, 3.63) is 35.5 Å². The normalized spacial score (nSPS) is 12.0. The number of phenols is 1. The molecular weight excluding hydrogens is 302 g/mol. The number of benzene rings is 1. The van der Waals surface area contributed by atoms with Crippen molar-refractivity contribution in [3.63, 3.8) is 0 Å². The van der Waals surface area contributed by atoms with E-state index in [9.17, 15) is 9.90 Å². The highest BCUT2D eigenvalue weighted by Crippen LogP contribution is 2.29. The maximum Gasteiger partial charge on any atom is 0.165 e. The highest BCUT2D eigenvalue weighted by Gasteiger charge is 2.13. The maximum atomic E-state index is 11.4. The zero-order valence-electron chi connectivity index (χ0n) is 12.5. The standard InChI is InChI=1S/C16H18ClN3O2/c1-3-11(10(2)21)9-19-15-6-7-18-16(20-15)13-8-12(17)4-5-14(13)22/h4-8,11,22H,3,9H2,1-2H3,(H,18,19,20). The smallest absolute Gasteiger partial charge is 0.165 e. The van der Waals surface area contributed by atoms with E-state index in [0.717, 1.165) is 6.42 Å². The van der Waals surface area contributed by atoms with Crippen molar-refractivity contribution in [2.24, 2.45) is 5.92 Å². The molecule has 0 aliphatic rings. The van der Waals surface area contributed by atoms with Gasteiger partial charge >= 0.3 is 0 Å². The molecular formula is C16H18ClN3O2. The lowest BCUT2D eigenvalue weighted by Crippen LogP contribution is -2.20. The van der Waals surface area contributed by atoms with Crippen LogP contribution in [0.4, 0.5) is 5.82 Å². The van der Waals surface area contributed by atoms with E-state index in [4.69, 9.17) is 11.6 Å². The average Bonchev–Trinajstić information content (AvgIpc) is 2.50. The summed E-state index contributed by atoms with van der Waals surface area (Å²) in [7, 11) is 0. The number of Topliss-reactive ketones (excluding diaryl/α,β-unsaturated/α-hetero) is 1. The monoisotopic (exact) mass is 319 g/mol. The van der Waals surface area contributed by atoms with Gasteiger partial charge in [-0.3, -0.25) is 4.79 Å². The third kappa shape index (κ3) is 3.95. The minimum Gasteiger partial charge on any atom is -0.507 e. The van der Waals surface area contributed by atoms with Crippen molar-refractivity contribution >= 4 is 23.2 Å². The molecule has 22 heavy (non-hydrogen) atoms. The van der Waals surface area contributed by atoms with Gasteiger partial charge in [-0.05, 0) is 37.6 Å². The summed E-state index contributed by atoms with van der Waals surface area (Å²) in [4.78, 5) is 20.0. The second-order valence-corrected chi connectivity index (χ2v) is 5.46. The second-order valence-electron chi connectivity index (χ2n) is 5.02. The molecule has 0 amide bonds. The van der Waals surface area contributed by atoms with Crippen LogP contribution >= 0.6 is 11.6 Å². The predicted molar refractivity (Wildman–Crippen MR) is 87.1 cm³/mol. The fourth-order valence-electron chi connectivity index (χ4n) is 2.08. The van der Waals surface area contributed by atoms with E-state index in [0.29, 0.717) is 28.8 Å². The van der Waals surface area contributed by atoms with Gasteiger partial charge in [0.1, 0.15) is 17.4 Å². The number of ketones is 1. The molecule has 0 saturated heterocycles. The SMILES string of the molecule is CCC(CNc1ccnc(-c2cc(Cl)ccc2O)n1)C(C)=O. The minimum absolute atomic E-state index is 0.0435. The van der Waals surface area contributed by atoms with Crippen LogP contribution in [0, 0.1) is 5.92 Å². The third-order valence-corrected chi connectivity index (χ3v) is 3.69. The van der Waals surface area contributed by atoms with E-state index < -0.39 is 0 Å². The molecule has 0 spiro atoms. The molecule has 0 aliphatic carbocycles. The average molecular weight is 320 g/mol. The predicted octanol–water partition coefficient (Wildman–Crippen LogP) is 3.53. The number of carbonyl (C=O) groups excluding carboxylic acids is 1. The number of hydrogen-bond donors (Lipinski definition) is 2. The number of nitrogens with zero attached hydrogens (tertiary/aromatic N) is 2. The van der Waals surface area contributed by atoms with E-state index in [2.05, 4.69) is 15.3 Å². The highest BCUT2D eigenvalue weighted by atomic mass is 35.5. The van der Waals surface area contributed by atoms with Gasteiger partial charge in [-0.15, -0.1) is 0 Å². The Hall–Kier alpha value is -2.14. The van der Waals surface area contributed by atoms with Gasteiger partial charge in [-0.2, -0.15) is 0 Å². The number of phenolic OH excluding ortho intramolecular Hbond substituents is 1. The van der Waals surface area contributed by atoms with Crippen molar-refractivity contribution in [1.82, 2.24) is 9.97 Å². The van der Waals surface area contributed by atoms with Gasteiger partial charge in [0.2, 0.25) is 0 Å². The summed E-state index contributed by atoms with van der Waals surface area (Å²) in [5.41, 5.74) is 0.467. The number of aromatic hydroxyl groups is 1. The number of nitrogens with one attached hydrogen (secondary N) is 1. The Labute approximate surface area is 134 Å². The molecule has 1 aromatic carbocycles. The lowest BCUT2D eigenvalue weighted by atomic mass is 10.0. The molecule has 1 atom stereocenters. The minimum atomic E-state index is -0.0435. The molecule has 0 saturated carbocycles. The highest BCUT2D eigenvalue weighted by molar-refractivity contribution is 6.30. The molecule has 1 aromatic heterocycles. The second kappa shape index (κ2) is 7.22. The number of hydrogen-bond acceptors (Lipinski definition) is 5. The van der Waals surface area contributed by atoms with Crippen LogP contribution in [0.5, 0.6) is 5.75 Å². The lowest BCUT2D eigenvalue weighted by molar-refractivity contribution is -0.120. The lowest BCUT2D eigenvalue weighted by Gasteiger charge is -2.13. The Balaban J connectivity index is 2.20. The largest absolute Gasteiger partial charge is 0.507 e. The van der Waals surface area contributed by atoms with Crippen LogP contribution < -0.4 is 5.32 Å². The fraction of sp³-hybridized carbons (Fsp3) is 0.312. The molecule has 1 unspecified atom stereocenters. The molecule has 0 fully saturated rings. The van der Waals surface area contributed by atoms with Gasteiger partial charge in [0.05, 0.1) is 5.56 Å². The molecule has 2 N–H and O–H groups in total. The van der Waals surface area contributed by atoms with E-state index >= 15 is 0 Å². The Kier molecular flexibility index (Phi) is 5.33. The number of carbonyl (C=O) groups is 1. The summed E-state index contributed by atoms with van der Waals surface area (Å²) >= 11 is 5.94. The number of rotatable bonds is 6.